The van der Waals surface area contributed by atoms with E-state index in [4.69, 9.17) is 4.42 Å². The minimum absolute atomic E-state index is 0.150. The third-order valence-corrected chi connectivity index (χ3v) is 4.08. The Hall–Kier alpha value is -1.86. The van der Waals surface area contributed by atoms with Crippen LogP contribution >= 0.6 is 0 Å². The number of hydrogen-bond acceptors (Lipinski definition) is 5. The van der Waals surface area contributed by atoms with Gasteiger partial charge in [0, 0.05) is 24.8 Å². The lowest BCUT2D eigenvalue weighted by Gasteiger charge is -2.11. The van der Waals surface area contributed by atoms with E-state index in [1.54, 1.807) is 18.3 Å². The third-order valence-electron chi connectivity index (χ3n) is 2.65. The molecular weight excluding hydrogens is 278 g/mol. The maximum absolute atomic E-state index is 12.3. The summed E-state index contributed by atoms with van der Waals surface area (Å²) in [6.07, 6.45) is 5.45. The summed E-state index contributed by atoms with van der Waals surface area (Å²) in [5, 5.41) is 3.01. The zero-order valence-corrected chi connectivity index (χ0v) is 12.0. The number of sulfonamides is 1. The van der Waals surface area contributed by atoms with Crippen molar-refractivity contribution in [1.29, 1.82) is 0 Å². The van der Waals surface area contributed by atoms with Gasteiger partial charge in [0.1, 0.15) is 10.7 Å². The maximum Gasteiger partial charge on any atom is 0.244 e. The van der Waals surface area contributed by atoms with Gasteiger partial charge in [0.05, 0.1) is 12.5 Å². The van der Waals surface area contributed by atoms with Crippen LogP contribution in [-0.2, 0) is 16.6 Å². The molecule has 0 aliphatic rings. The Morgan fingerprint density at radius 1 is 1.35 bits per heavy atom. The molecule has 0 atom stereocenters. The van der Waals surface area contributed by atoms with Crippen molar-refractivity contribution in [3.05, 3.63) is 42.5 Å². The summed E-state index contributed by atoms with van der Waals surface area (Å²) < 4.78 is 32.0. The minimum Gasteiger partial charge on any atom is -0.472 e. The molecule has 0 amide bonds. The van der Waals surface area contributed by atoms with E-state index in [0.29, 0.717) is 12.4 Å². The number of furan rings is 1. The molecule has 0 saturated heterocycles. The van der Waals surface area contributed by atoms with Gasteiger partial charge in [0.25, 0.3) is 0 Å². The predicted octanol–water partition coefficient (Wildman–Crippen LogP) is 1.97. The number of nitrogens with zero attached hydrogens (tertiary/aromatic N) is 1. The van der Waals surface area contributed by atoms with Crippen LogP contribution in [-0.4, -0.2) is 19.9 Å². The third kappa shape index (κ3) is 3.58. The first-order valence-corrected chi connectivity index (χ1v) is 7.81. The van der Waals surface area contributed by atoms with Crippen molar-refractivity contribution in [2.75, 3.05) is 11.9 Å². The van der Waals surface area contributed by atoms with Gasteiger partial charge in [-0.05, 0) is 24.6 Å². The molecule has 2 rings (SSSR count). The highest BCUT2D eigenvalue weighted by Gasteiger charge is 2.18. The molecule has 2 aromatic heterocycles. The van der Waals surface area contributed by atoms with Crippen molar-refractivity contribution in [3.8, 4) is 0 Å². The lowest BCUT2D eigenvalue weighted by atomic mass is 10.4. The SMILES string of the molecule is CCCNc1ncccc1S(=O)(=O)NCc1ccoc1. The highest BCUT2D eigenvalue weighted by molar-refractivity contribution is 7.89. The molecule has 0 unspecified atom stereocenters. The second-order valence-corrected chi connectivity index (χ2v) is 5.97. The smallest absolute Gasteiger partial charge is 0.244 e. The van der Waals surface area contributed by atoms with Gasteiger partial charge >= 0.3 is 0 Å². The summed E-state index contributed by atoms with van der Waals surface area (Å²) in [6.45, 7) is 2.85. The van der Waals surface area contributed by atoms with Crippen LogP contribution in [0.2, 0.25) is 0 Å². The summed E-state index contributed by atoms with van der Waals surface area (Å²) in [5.74, 6) is 0.369. The maximum atomic E-state index is 12.3. The molecular formula is C13H17N3O3S. The Morgan fingerprint density at radius 3 is 2.90 bits per heavy atom. The molecule has 6 nitrogen and oxygen atoms in total. The molecule has 0 saturated carbocycles. The van der Waals surface area contributed by atoms with E-state index in [1.165, 1.54) is 18.6 Å². The van der Waals surface area contributed by atoms with E-state index < -0.39 is 10.0 Å². The van der Waals surface area contributed by atoms with Gasteiger partial charge in [0.2, 0.25) is 10.0 Å². The van der Waals surface area contributed by atoms with Gasteiger partial charge in [-0.1, -0.05) is 6.92 Å². The summed E-state index contributed by atoms with van der Waals surface area (Å²) in [7, 11) is -3.61. The van der Waals surface area contributed by atoms with Crippen molar-refractivity contribution < 1.29 is 12.8 Å². The molecule has 0 aromatic carbocycles. The van der Waals surface area contributed by atoms with Crippen LogP contribution < -0.4 is 10.0 Å². The molecule has 0 aliphatic heterocycles. The summed E-state index contributed by atoms with van der Waals surface area (Å²) in [4.78, 5) is 4.23. The van der Waals surface area contributed by atoms with E-state index in [1.807, 2.05) is 6.92 Å². The van der Waals surface area contributed by atoms with E-state index in [-0.39, 0.29) is 11.4 Å². The van der Waals surface area contributed by atoms with Gasteiger partial charge in [-0.15, -0.1) is 0 Å². The van der Waals surface area contributed by atoms with Gasteiger partial charge in [-0.3, -0.25) is 0 Å². The standard InChI is InChI=1S/C13H17N3O3S/c1-2-6-14-13-12(4-3-7-15-13)20(17,18)16-9-11-5-8-19-10-11/h3-5,7-8,10,16H,2,6,9H2,1H3,(H,14,15). The van der Waals surface area contributed by atoms with E-state index in [2.05, 4.69) is 15.0 Å². The van der Waals surface area contributed by atoms with Crippen LogP contribution in [0, 0.1) is 0 Å². The zero-order chi connectivity index (χ0) is 14.4. The number of anilines is 1. The highest BCUT2D eigenvalue weighted by Crippen LogP contribution is 2.18. The molecule has 108 valence electrons. The largest absolute Gasteiger partial charge is 0.472 e. The fourth-order valence-electron chi connectivity index (χ4n) is 1.63. The van der Waals surface area contributed by atoms with Gasteiger partial charge in [-0.2, -0.15) is 0 Å². The molecule has 0 fully saturated rings. The lowest BCUT2D eigenvalue weighted by molar-refractivity contribution is 0.561. The Kier molecular flexibility index (Phi) is 4.75. The zero-order valence-electron chi connectivity index (χ0n) is 11.2. The van der Waals surface area contributed by atoms with Crippen molar-refractivity contribution in [1.82, 2.24) is 9.71 Å². The molecule has 7 heteroatoms. The molecule has 2 aromatic rings. The molecule has 0 bridgehead atoms. The summed E-state index contributed by atoms with van der Waals surface area (Å²) in [6, 6.07) is 4.84. The van der Waals surface area contributed by atoms with Gasteiger partial charge in [0.15, 0.2) is 0 Å². The van der Waals surface area contributed by atoms with E-state index >= 15 is 0 Å². The Balaban J connectivity index is 2.16. The average molecular weight is 295 g/mol. The van der Waals surface area contributed by atoms with Crippen LogP contribution in [0.1, 0.15) is 18.9 Å². The lowest BCUT2D eigenvalue weighted by Crippen LogP contribution is -2.24. The molecule has 2 heterocycles. The van der Waals surface area contributed by atoms with Crippen LogP contribution in [0.15, 0.2) is 46.2 Å². The Labute approximate surface area is 118 Å². The normalized spacial score (nSPS) is 11.4. The fourth-order valence-corrected chi connectivity index (χ4v) is 2.78. The molecule has 2 N–H and O–H groups in total. The van der Waals surface area contributed by atoms with Crippen molar-refractivity contribution in [2.45, 2.75) is 24.8 Å². The first-order chi connectivity index (χ1) is 9.63. The van der Waals surface area contributed by atoms with Crippen LogP contribution in [0.25, 0.3) is 0 Å². The van der Waals surface area contributed by atoms with E-state index in [9.17, 15) is 8.42 Å². The number of nitrogens with one attached hydrogen (secondary N) is 2. The number of aromatic nitrogens is 1. The quantitative estimate of drug-likeness (QED) is 0.816. The average Bonchev–Trinajstić information content (AvgIpc) is 2.97. The highest BCUT2D eigenvalue weighted by atomic mass is 32.2. The first-order valence-electron chi connectivity index (χ1n) is 6.33. The number of rotatable bonds is 7. The number of pyridine rings is 1. The summed E-state index contributed by atoms with van der Waals surface area (Å²) >= 11 is 0. The molecule has 0 aliphatic carbocycles. The second kappa shape index (κ2) is 6.53. The van der Waals surface area contributed by atoms with Crippen molar-refractivity contribution >= 4 is 15.8 Å². The topological polar surface area (TPSA) is 84.2 Å². The van der Waals surface area contributed by atoms with Crippen LogP contribution in [0.4, 0.5) is 5.82 Å². The van der Waals surface area contributed by atoms with Crippen molar-refractivity contribution in [3.63, 3.8) is 0 Å². The second-order valence-electron chi connectivity index (χ2n) is 4.23. The molecule has 0 radical (unpaired) electrons. The first kappa shape index (κ1) is 14.5. The van der Waals surface area contributed by atoms with Crippen LogP contribution in [0.3, 0.4) is 0 Å². The van der Waals surface area contributed by atoms with Gasteiger partial charge in [-0.25, -0.2) is 18.1 Å². The van der Waals surface area contributed by atoms with Crippen molar-refractivity contribution in [2.24, 2.45) is 0 Å². The molecule has 0 spiro atoms. The van der Waals surface area contributed by atoms with Crippen LogP contribution in [0.5, 0.6) is 0 Å². The monoisotopic (exact) mass is 295 g/mol. The molecule has 20 heavy (non-hydrogen) atoms. The van der Waals surface area contributed by atoms with E-state index in [0.717, 1.165) is 12.0 Å². The summed E-state index contributed by atoms with van der Waals surface area (Å²) in [5.41, 5.74) is 0.764. The Bertz CT molecular complexity index is 639. The minimum atomic E-state index is -3.61. The van der Waals surface area contributed by atoms with Gasteiger partial charge < -0.3 is 9.73 Å². The fraction of sp³-hybridized carbons (Fsp3) is 0.308. The predicted molar refractivity (Wildman–Crippen MR) is 75.8 cm³/mol. The Morgan fingerprint density at radius 2 is 2.20 bits per heavy atom. The number of hydrogen-bond donors (Lipinski definition) is 2.